The van der Waals surface area contributed by atoms with Gasteiger partial charge in [-0.1, -0.05) is 111 Å². The summed E-state index contributed by atoms with van der Waals surface area (Å²) in [5, 5.41) is 25.2. The molecule has 35 heteroatoms. The van der Waals surface area contributed by atoms with Gasteiger partial charge in [-0.25, -0.2) is 29.9 Å². The number of nitrogens with zero attached hydrogens (tertiary/aromatic N) is 18. The minimum atomic E-state index is 0. The van der Waals surface area contributed by atoms with Crippen LogP contribution in [0.15, 0.2) is 329 Å². The summed E-state index contributed by atoms with van der Waals surface area (Å²) >= 11 is 0. The zero-order valence-electron chi connectivity index (χ0n) is 81.5. The first-order valence-corrected chi connectivity index (χ1v) is 44.9. The monoisotopic (exact) mass is 2890 g/mol. The molecular weight excluding hydrogens is 2790 g/mol. The van der Waals surface area contributed by atoms with Gasteiger partial charge < -0.3 is 86.4 Å². The smallest absolute Gasteiger partial charge is 0.574 e. The van der Waals surface area contributed by atoms with E-state index in [2.05, 4.69) is 124 Å². The van der Waals surface area contributed by atoms with Crippen LogP contribution in [-0.2, 0) is 134 Å². The molecular formula is C114H106N18O12Pt5. The molecule has 0 aliphatic carbocycles. The maximum atomic E-state index is 5.98. The zero-order chi connectivity index (χ0) is 99.0. The van der Waals surface area contributed by atoms with E-state index in [1.807, 2.05) is 314 Å². The summed E-state index contributed by atoms with van der Waals surface area (Å²) in [4.78, 5) is 34.2. The summed E-state index contributed by atoms with van der Waals surface area (Å²) < 4.78 is 73.8. The minimum Gasteiger partial charge on any atom is -0.574 e. The molecule has 0 unspecified atom stereocenters. The van der Waals surface area contributed by atoms with Crippen molar-refractivity contribution in [2.75, 3.05) is 33.7 Å². The summed E-state index contributed by atoms with van der Waals surface area (Å²) in [6, 6.07) is 111. The zero-order valence-corrected chi connectivity index (χ0v) is 92.9. The second kappa shape index (κ2) is 63.9. The van der Waals surface area contributed by atoms with Crippen molar-refractivity contribution in [2.24, 2.45) is 14.1 Å². The van der Waals surface area contributed by atoms with E-state index in [1.165, 1.54) is 0 Å². The van der Waals surface area contributed by atoms with Crippen LogP contribution in [0.5, 0.6) is 104 Å². The first kappa shape index (κ1) is 121. The van der Waals surface area contributed by atoms with Gasteiger partial charge in [-0.3, -0.25) is 19.3 Å². The van der Waals surface area contributed by atoms with Crippen LogP contribution in [-0.4, -0.2) is 112 Å². The van der Waals surface area contributed by atoms with Crippen LogP contribution in [0, 0.1) is 90.1 Å². The van der Waals surface area contributed by atoms with Gasteiger partial charge in [0.15, 0.2) is 0 Å². The van der Waals surface area contributed by atoms with E-state index in [0.29, 0.717) is 134 Å². The number of pyridine rings is 6. The average molecular weight is 2900 g/mol. The van der Waals surface area contributed by atoms with E-state index in [1.54, 1.807) is 117 Å². The third-order valence-electron chi connectivity index (χ3n) is 19.2. The molecule has 12 heterocycles. The summed E-state index contributed by atoms with van der Waals surface area (Å²) in [6.45, 7) is 20.5. The van der Waals surface area contributed by atoms with Crippen molar-refractivity contribution in [3.8, 4) is 161 Å². The fourth-order valence-electron chi connectivity index (χ4n) is 13.0. The SMILES string of the molecule is C.C.CCOCC.CCOCOC.Cc1cc(-c2cccc(Oc3[c-]c(Oc4ccccn4)ccc3)n2)[n-]n1.Cc1cc(-c2cccc(Oc3[c-]c(Oc4ccccn4)ccc3)n2)[n-]n1.Cc1cc(C)n(-c2[c-]c(Oc3[c-]c(-c4nccn4C)ccc3)ccc2)n1.Cc1cc(C)n(-c2[c-]c(Oc3[c-]c(Oc4ccccn4)ccc3)ccc2)n1.Cn1ccnc1-c1[c-]c(Oc2[c-]c(Oc3ccccn3)ccc2)ccc1.[Pt+2].[Pt+2].[Pt+2].[Pt+2].[Pt+2]. The summed E-state index contributed by atoms with van der Waals surface area (Å²) in [5.41, 5.74) is 11.9. The number of imidazole rings is 2. The van der Waals surface area contributed by atoms with Crippen molar-refractivity contribution < 1.29 is 162 Å². The molecule has 0 spiro atoms. The number of benzene rings is 8. The van der Waals surface area contributed by atoms with E-state index >= 15 is 0 Å². The molecule has 774 valence electrons. The number of rotatable bonds is 29. The van der Waals surface area contributed by atoms with E-state index < -0.39 is 0 Å². The van der Waals surface area contributed by atoms with Crippen LogP contribution < -0.4 is 52.8 Å². The number of hydrogen-bond donors (Lipinski definition) is 0. The number of aryl methyl sites for hydroxylation is 8. The first-order chi connectivity index (χ1) is 69.4. The molecule has 0 radical (unpaired) electrons. The molecule has 20 aromatic rings. The third-order valence-corrected chi connectivity index (χ3v) is 19.2. The van der Waals surface area contributed by atoms with Crippen molar-refractivity contribution in [3.63, 3.8) is 0 Å². The molecule has 0 fully saturated rings. The Hall–Kier alpha value is -14.6. The van der Waals surface area contributed by atoms with E-state index in [-0.39, 0.29) is 120 Å². The normalized spacial score (nSPS) is 9.96. The van der Waals surface area contributed by atoms with E-state index in [9.17, 15) is 0 Å². The molecule has 0 amide bonds. The summed E-state index contributed by atoms with van der Waals surface area (Å²) in [5.74, 6) is 11.1. The molecule has 0 aliphatic heterocycles. The van der Waals surface area contributed by atoms with Gasteiger partial charge >= 0.3 is 105 Å². The van der Waals surface area contributed by atoms with Gasteiger partial charge in [0.05, 0.1) is 34.4 Å². The van der Waals surface area contributed by atoms with Crippen LogP contribution >= 0.6 is 0 Å². The molecule has 0 saturated heterocycles. The fourth-order valence-corrected chi connectivity index (χ4v) is 13.0. The Balaban J connectivity index is 0.000000243. The van der Waals surface area contributed by atoms with Crippen molar-refractivity contribution in [1.29, 1.82) is 0 Å². The van der Waals surface area contributed by atoms with Crippen molar-refractivity contribution in [3.05, 3.63) is 411 Å². The summed E-state index contributed by atoms with van der Waals surface area (Å²) in [7, 11) is 5.50. The Bertz CT molecular complexity index is 7140. The number of aromatic nitrogens is 18. The largest absolute Gasteiger partial charge is 2.00 e. The minimum absolute atomic E-state index is 0. The Morgan fingerprint density at radius 1 is 0.282 bits per heavy atom. The Labute approximate surface area is 940 Å². The standard InChI is InChI=1S/C22H17N3O2.C21H18N4O.C21H15N3O2.2C20H14N4O2.C4H10O2.C4H10O.2CH4.5Pt/c1-16-13-17(2)25(24-16)18-7-5-8-19(14-18)26-20-9-6-10-21(15-20)27-22-11-3-4-12-23-22;1-15-12-16(2)25(23-15)18-7-5-9-20(14-18)26-19-8-4-6-17(13-19)21-22-10-11-24(21)3;1-24-13-12-23-21(24)16-6-4-7-17(14-16)25-18-8-5-9-19(15-18)26-20-10-2-3-11-22-20;2*1-14-12-18(24-23-14)17-8-5-10-20(22-17)26-16-7-4-6-15(13-16)25-19-9-2-3-11-21-19;1-3-6-4-5-2;1-3-5-4-2;;;;;;;/h3-13H,1-2H3;4-12H,1-3H3;2-13H,1H3;2*2-12H,1H3;3-4H2,1-2H3;3-4H2,1-2H3;2*1H4;;;;;/q5*-2;;;;;5*+2. The Morgan fingerprint density at radius 3 is 0.819 bits per heavy atom. The molecule has 0 saturated carbocycles. The van der Waals surface area contributed by atoms with Crippen molar-refractivity contribution in [2.45, 2.75) is 77.2 Å². The molecule has 149 heavy (non-hydrogen) atoms. The van der Waals surface area contributed by atoms with Gasteiger partial charge in [0.2, 0.25) is 35.3 Å². The molecule has 12 aromatic heterocycles. The molecule has 30 nitrogen and oxygen atoms in total. The average Bonchev–Trinajstić information content (AvgIpc) is 1.80. The van der Waals surface area contributed by atoms with Crippen molar-refractivity contribution in [1.82, 2.24) is 89.0 Å². The predicted octanol–water partition coefficient (Wildman–Crippen LogP) is 25.3. The van der Waals surface area contributed by atoms with E-state index in [0.717, 1.165) is 88.1 Å². The van der Waals surface area contributed by atoms with Crippen LogP contribution in [0.3, 0.4) is 0 Å². The van der Waals surface area contributed by atoms with Gasteiger partial charge in [0, 0.05) is 219 Å². The third kappa shape index (κ3) is 38.6. The quantitative estimate of drug-likeness (QED) is 0.0239. The molecule has 0 N–H and O–H groups in total. The number of methoxy groups -OCH3 is 1. The second-order valence-corrected chi connectivity index (χ2v) is 30.3. The second-order valence-electron chi connectivity index (χ2n) is 30.3. The topological polar surface area (TPSA) is 313 Å². The van der Waals surface area contributed by atoms with Gasteiger partial charge in [-0.15, -0.1) is 132 Å². The van der Waals surface area contributed by atoms with Gasteiger partial charge in [-0.05, 0) is 122 Å². The van der Waals surface area contributed by atoms with Crippen LogP contribution in [0.1, 0.15) is 69.8 Å². The van der Waals surface area contributed by atoms with Crippen LogP contribution in [0.2, 0.25) is 0 Å². The maximum Gasteiger partial charge on any atom is 2.00 e. The van der Waals surface area contributed by atoms with Gasteiger partial charge in [-0.2, -0.15) is 46.6 Å². The first-order valence-electron chi connectivity index (χ1n) is 44.9. The molecule has 8 aromatic carbocycles. The van der Waals surface area contributed by atoms with Crippen LogP contribution in [0.4, 0.5) is 0 Å². The van der Waals surface area contributed by atoms with Crippen molar-refractivity contribution >= 4 is 0 Å². The fraction of sp³-hybridized carbons (Fsp3) is 0.158. The predicted molar refractivity (Wildman–Crippen MR) is 548 cm³/mol. The number of hydrogen-bond acceptors (Lipinski definition) is 24. The summed E-state index contributed by atoms with van der Waals surface area (Å²) in [6.07, 6.45) is 14.0. The van der Waals surface area contributed by atoms with Gasteiger partial charge in [0.25, 0.3) is 0 Å². The molecule has 20 rings (SSSR count). The Morgan fingerprint density at radius 2 is 0.564 bits per heavy atom. The van der Waals surface area contributed by atoms with Crippen LogP contribution in [0.25, 0.3) is 56.9 Å². The Kier molecular flexibility index (Phi) is 52.0. The molecule has 0 aliphatic rings. The molecule has 0 bridgehead atoms. The van der Waals surface area contributed by atoms with Gasteiger partial charge in [0.1, 0.15) is 6.79 Å². The van der Waals surface area contributed by atoms with E-state index in [4.69, 9.17) is 52.1 Å². The molecule has 0 atom stereocenters. The maximum absolute atomic E-state index is 5.98. The number of ether oxygens (including phenoxy) is 12.